The predicted octanol–water partition coefficient (Wildman–Crippen LogP) is 0.962. The molecular weight excluding hydrogens is 318 g/mol. The fourth-order valence-corrected chi connectivity index (χ4v) is 3.39. The molecule has 0 bridgehead atoms. The summed E-state index contributed by atoms with van der Waals surface area (Å²) < 4.78 is 10.9. The van der Waals surface area contributed by atoms with Gasteiger partial charge in [0.25, 0.3) is 0 Å². The van der Waals surface area contributed by atoms with Crippen LogP contribution in [-0.4, -0.2) is 76.0 Å². The zero-order valence-corrected chi connectivity index (χ0v) is 15.3. The van der Waals surface area contributed by atoms with Crippen LogP contribution in [0.2, 0.25) is 0 Å². The molecule has 0 spiro atoms. The number of hydrogen-bond donors (Lipinski definition) is 1. The number of nitrogens with one attached hydrogen (secondary N) is 1. The van der Waals surface area contributed by atoms with Crippen LogP contribution < -0.4 is 10.2 Å². The summed E-state index contributed by atoms with van der Waals surface area (Å²) in [5, 5.41) is 3.48. The Hall–Kier alpha value is -1.86. The second-order valence-electron chi connectivity index (χ2n) is 6.60. The highest BCUT2D eigenvalue weighted by molar-refractivity contribution is 5.79. The van der Waals surface area contributed by atoms with Crippen molar-refractivity contribution >= 4 is 11.8 Å². The van der Waals surface area contributed by atoms with Crippen molar-refractivity contribution < 1.29 is 9.47 Å². The number of aliphatic imine (C=N–C) groups is 1. The summed E-state index contributed by atoms with van der Waals surface area (Å²) in [5.41, 5.74) is 1.18. The monoisotopic (exact) mass is 347 g/mol. The van der Waals surface area contributed by atoms with Crippen molar-refractivity contribution in [1.29, 1.82) is 0 Å². The highest BCUT2D eigenvalue weighted by atomic mass is 16.5. The lowest BCUT2D eigenvalue weighted by Crippen LogP contribution is -2.42. The molecular formula is C18H29N5O2. The van der Waals surface area contributed by atoms with Crippen LogP contribution in [0, 0.1) is 5.92 Å². The Morgan fingerprint density at radius 1 is 1.36 bits per heavy atom. The molecule has 7 nitrogen and oxygen atoms in total. The second kappa shape index (κ2) is 9.01. The fourth-order valence-electron chi connectivity index (χ4n) is 3.39. The van der Waals surface area contributed by atoms with Crippen molar-refractivity contribution in [3.63, 3.8) is 0 Å². The third-order valence-corrected chi connectivity index (χ3v) is 4.74. The molecule has 2 saturated heterocycles. The standard InChI is InChI=1S/C18H29N5O2/c1-19-18(22(2)13-15-5-9-25-14-15)21-12-16-4-3-6-20-17(16)23-7-10-24-11-8-23/h3-4,6,15H,5,7-14H2,1-2H3,(H,19,21). The van der Waals surface area contributed by atoms with Gasteiger partial charge >= 0.3 is 0 Å². The smallest absolute Gasteiger partial charge is 0.193 e. The van der Waals surface area contributed by atoms with Gasteiger partial charge in [0.15, 0.2) is 5.96 Å². The van der Waals surface area contributed by atoms with Gasteiger partial charge in [0.05, 0.1) is 19.8 Å². The Morgan fingerprint density at radius 2 is 2.20 bits per heavy atom. The van der Waals surface area contributed by atoms with Crippen LogP contribution in [0.25, 0.3) is 0 Å². The minimum absolute atomic E-state index is 0.589. The highest BCUT2D eigenvalue weighted by Crippen LogP contribution is 2.18. The van der Waals surface area contributed by atoms with E-state index >= 15 is 0 Å². The summed E-state index contributed by atoms with van der Waals surface area (Å²) in [6, 6.07) is 4.12. The van der Waals surface area contributed by atoms with Crippen LogP contribution in [0.5, 0.6) is 0 Å². The van der Waals surface area contributed by atoms with Gasteiger partial charge in [-0.25, -0.2) is 4.98 Å². The minimum atomic E-state index is 0.589. The second-order valence-corrected chi connectivity index (χ2v) is 6.60. The Morgan fingerprint density at radius 3 is 2.92 bits per heavy atom. The Labute approximate surface area is 150 Å². The molecule has 0 amide bonds. The molecule has 1 N–H and O–H groups in total. The van der Waals surface area contributed by atoms with Crippen molar-refractivity contribution in [2.75, 3.05) is 65.1 Å². The molecule has 0 saturated carbocycles. The number of morpholine rings is 1. The zero-order valence-electron chi connectivity index (χ0n) is 15.3. The van der Waals surface area contributed by atoms with E-state index in [2.05, 4.69) is 38.2 Å². The van der Waals surface area contributed by atoms with Crippen molar-refractivity contribution in [2.24, 2.45) is 10.9 Å². The molecule has 1 aromatic heterocycles. The summed E-state index contributed by atoms with van der Waals surface area (Å²) in [5.74, 6) is 2.54. The maximum atomic E-state index is 5.47. The molecule has 0 aliphatic carbocycles. The number of guanidine groups is 1. The Bertz CT molecular complexity index is 568. The van der Waals surface area contributed by atoms with Crippen molar-refractivity contribution in [3.8, 4) is 0 Å². The van der Waals surface area contributed by atoms with Crippen LogP contribution in [0.15, 0.2) is 23.3 Å². The molecule has 7 heteroatoms. The molecule has 0 radical (unpaired) electrons. The molecule has 2 fully saturated rings. The number of ether oxygens (including phenoxy) is 2. The first-order chi connectivity index (χ1) is 12.3. The molecule has 2 aliphatic rings. The van der Waals surface area contributed by atoms with Gasteiger partial charge in [-0.3, -0.25) is 4.99 Å². The number of anilines is 1. The lowest BCUT2D eigenvalue weighted by Gasteiger charge is -2.30. The number of hydrogen-bond acceptors (Lipinski definition) is 5. The summed E-state index contributed by atoms with van der Waals surface area (Å²) in [6.07, 6.45) is 2.99. The summed E-state index contributed by atoms with van der Waals surface area (Å²) in [7, 11) is 3.91. The molecule has 3 heterocycles. The van der Waals surface area contributed by atoms with E-state index in [-0.39, 0.29) is 0 Å². The van der Waals surface area contributed by atoms with Crippen molar-refractivity contribution in [1.82, 2.24) is 15.2 Å². The number of nitrogens with zero attached hydrogens (tertiary/aromatic N) is 4. The van der Waals surface area contributed by atoms with Gasteiger partial charge < -0.3 is 24.6 Å². The quantitative estimate of drug-likeness (QED) is 0.632. The zero-order chi connectivity index (χ0) is 17.5. The average molecular weight is 347 g/mol. The van der Waals surface area contributed by atoms with Crippen molar-refractivity contribution in [3.05, 3.63) is 23.9 Å². The van der Waals surface area contributed by atoms with E-state index in [0.29, 0.717) is 12.5 Å². The number of rotatable bonds is 5. The summed E-state index contributed by atoms with van der Waals surface area (Å²) >= 11 is 0. The number of pyridine rings is 1. The number of aromatic nitrogens is 1. The highest BCUT2D eigenvalue weighted by Gasteiger charge is 2.20. The van der Waals surface area contributed by atoms with Gasteiger partial charge in [-0.05, 0) is 12.5 Å². The average Bonchev–Trinajstić information content (AvgIpc) is 3.16. The van der Waals surface area contributed by atoms with Gasteiger partial charge in [-0.15, -0.1) is 0 Å². The van der Waals surface area contributed by atoms with E-state index in [1.54, 1.807) is 0 Å². The molecule has 25 heavy (non-hydrogen) atoms. The molecule has 2 aliphatic heterocycles. The first-order valence-corrected chi connectivity index (χ1v) is 9.04. The normalized spacial score (nSPS) is 21.4. The SMILES string of the molecule is CN=C(NCc1cccnc1N1CCOCC1)N(C)CC1CCOC1. The lowest BCUT2D eigenvalue weighted by molar-refractivity contribution is 0.122. The van der Waals surface area contributed by atoms with Gasteiger partial charge in [0.1, 0.15) is 5.82 Å². The van der Waals surface area contributed by atoms with E-state index in [1.165, 1.54) is 5.56 Å². The summed E-state index contributed by atoms with van der Waals surface area (Å²) in [6.45, 7) is 6.70. The third kappa shape index (κ3) is 4.83. The minimum Gasteiger partial charge on any atom is -0.381 e. The summed E-state index contributed by atoms with van der Waals surface area (Å²) in [4.78, 5) is 13.5. The van der Waals surface area contributed by atoms with E-state index < -0.39 is 0 Å². The Kier molecular flexibility index (Phi) is 6.47. The van der Waals surface area contributed by atoms with E-state index in [4.69, 9.17) is 9.47 Å². The molecule has 3 rings (SSSR count). The van der Waals surface area contributed by atoms with Gasteiger partial charge in [0, 0.05) is 64.6 Å². The van der Waals surface area contributed by atoms with Crippen LogP contribution in [0.3, 0.4) is 0 Å². The molecule has 138 valence electrons. The van der Waals surface area contributed by atoms with Gasteiger partial charge in [-0.1, -0.05) is 6.07 Å². The molecule has 1 atom stereocenters. The van der Waals surface area contributed by atoms with E-state index in [1.807, 2.05) is 19.3 Å². The van der Waals surface area contributed by atoms with Crippen LogP contribution in [0.1, 0.15) is 12.0 Å². The van der Waals surface area contributed by atoms with Gasteiger partial charge in [0.2, 0.25) is 0 Å². The largest absolute Gasteiger partial charge is 0.381 e. The lowest BCUT2D eigenvalue weighted by atomic mass is 10.1. The van der Waals surface area contributed by atoms with Gasteiger partial charge in [-0.2, -0.15) is 0 Å². The molecule has 1 unspecified atom stereocenters. The molecule has 0 aromatic carbocycles. The molecule has 1 aromatic rings. The van der Waals surface area contributed by atoms with Crippen LogP contribution >= 0.6 is 0 Å². The van der Waals surface area contributed by atoms with Crippen molar-refractivity contribution in [2.45, 2.75) is 13.0 Å². The first kappa shape index (κ1) is 17.9. The van der Waals surface area contributed by atoms with Crippen LogP contribution in [0.4, 0.5) is 5.82 Å². The Balaban J connectivity index is 1.59. The predicted molar refractivity (Wildman–Crippen MR) is 99.0 cm³/mol. The third-order valence-electron chi connectivity index (χ3n) is 4.74. The maximum Gasteiger partial charge on any atom is 0.193 e. The van der Waals surface area contributed by atoms with Crippen LogP contribution in [-0.2, 0) is 16.0 Å². The first-order valence-electron chi connectivity index (χ1n) is 9.04. The topological polar surface area (TPSA) is 62.2 Å². The fraction of sp³-hybridized carbons (Fsp3) is 0.667. The maximum absolute atomic E-state index is 5.47. The van der Waals surface area contributed by atoms with E-state index in [9.17, 15) is 0 Å². The van der Waals surface area contributed by atoms with E-state index in [0.717, 1.165) is 64.3 Å².